The molecule has 0 aliphatic carbocycles. The van der Waals surface area contributed by atoms with Gasteiger partial charge in [0.25, 0.3) is 0 Å². The Hall–Kier alpha value is -2.55. The van der Waals surface area contributed by atoms with Crippen LogP contribution in [0.15, 0.2) is 54.7 Å². The number of aryl methyl sites for hydroxylation is 2. The quantitative estimate of drug-likeness (QED) is 0.712. The van der Waals surface area contributed by atoms with Gasteiger partial charge in [0, 0.05) is 23.9 Å². The van der Waals surface area contributed by atoms with Crippen LogP contribution in [0.5, 0.6) is 5.75 Å². The van der Waals surface area contributed by atoms with E-state index in [-0.39, 0.29) is 0 Å². The van der Waals surface area contributed by atoms with Gasteiger partial charge in [-0.1, -0.05) is 24.3 Å². The van der Waals surface area contributed by atoms with E-state index in [0.29, 0.717) is 0 Å². The minimum absolute atomic E-state index is 0.869. The maximum absolute atomic E-state index is 5.21. The first-order valence-corrected chi connectivity index (χ1v) is 7.15. The van der Waals surface area contributed by atoms with E-state index in [0.717, 1.165) is 35.8 Å². The van der Waals surface area contributed by atoms with E-state index in [9.17, 15) is 0 Å². The molecule has 104 valence electrons. The van der Waals surface area contributed by atoms with E-state index in [4.69, 9.17) is 9.72 Å². The van der Waals surface area contributed by atoms with Crippen LogP contribution >= 0.6 is 0 Å². The number of rotatable bonds is 2. The molecule has 0 atom stereocenters. The van der Waals surface area contributed by atoms with Gasteiger partial charge < -0.3 is 9.30 Å². The van der Waals surface area contributed by atoms with Gasteiger partial charge in [0.05, 0.1) is 12.8 Å². The summed E-state index contributed by atoms with van der Waals surface area (Å²) in [7, 11) is 1.68. The number of hydrogen-bond donors (Lipinski definition) is 0. The van der Waals surface area contributed by atoms with Gasteiger partial charge in [-0.2, -0.15) is 0 Å². The fraction of sp³-hybridized carbons (Fsp3) is 0.167. The Morgan fingerprint density at radius 1 is 1.05 bits per heavy atom. The highest BCUT2D eigenvalue weighted by Crippen LogP contribution is 2.31. The van der Waals surface area contributed by atoms with E-state index in [2.05, 4.69) is 47.2 Å². The highest BCUT2D eigenvalue weighted by molar-refractivity contribution is 5.68. The first kappa shape index (κ1) is 12.2. The normalized spacial score (nSPS) is 12.6. The van der Waals surface area contributed by atoms with E-state index in [1.165, 1.54) is 11.1 Å². The zero-order valence-electron chi connectivity index (χ0n) is 11.9. The lowest BCUT2D eigenvalue weighted by Crippen LogP contribution is -2.09. The van der Waals surface area contributed by atoms with Crippen LogP contribution in [-0.4, -0.2) is 16.7 Å². The maximum atomic E-state index is 5.21. The van der Waals surface area contributed by atoms with Crippen LogP contribution in [0.25, 0.3) is 22.6 Å². The molecule has 0 spiro atoms. The number of methoxy groups -OCH3 is 1. The molecule has 2 aromatic carbocycles. The molecule has 0 saturated carbocycles. The summed E-state index contributed by atoms with van der Waals surface area (Å²) in [6, 6.07) is 16.6. The van der Waals surface area contributed by atoms with Crippen LogP contribution in [-0.2, 0) is 13.0 Å². The third-order valence-electron chi connectivity index (χ3n) is 4.04. The summed E-state index contributed by atoms with van der Waals surface area (Å²) in [5.41, 5.74) is 4.78. The number of aromatic nitrogens is 2. The summed E-state index contributed by atoms with van der Waals surface area (Å²) in [6.07, 6.45) is 3.22. The van der Waals surface area contributed by atoms with Crippen molar-refractivity contribution in [2.75, 3.05) is 7.11 Å². The molecular weight excluding hydrogens is 260 g/mol. The van der Waals surface area contributed by atoms with Gasteiger partial charge >= 0.3 is 0 Å². The molecule has 0 saturated heterocycles. The predicted octanol–water partition coefficient (Wildman–Crippen LogP) is 3.78. The smallest absolute Gasteiger partial charge is 0.140 e. The molecule has 3 heteroatoms. The maximum Gasteiger partial charge on any atom is 0.140 e. The number of fused-ring (bicyclic) bond motifs is 3. The van der Waals surface area contributed by atoms with Crippen molar-refractivity contribution < 1.29 is 4.74 Å². The second kappa shape index (κ2) is 4.77. The number of imidazole rings is 1. The molecule has 0 amide bonds. The first-order chi connectivity index (χ1) is 10.3. The van der Waals surface area contributed by atoms with Crippen molar-refractivity contribution in [2.45, 2.75) is 13.0 Å². The van der Waals surface area contributed by atoms with Crippen molar-refractivity contribution in [2.24, 2.45) is 0 Å². The summed E-state index contributed by atoms with van der Waals surface area (Å²) in [5, 5.41) is 0. The van der Waals surface area contributed by atoms with Gasteiger partial charge in [0.15, 0.2) is 0 Å². The second-order valence-corrected chi connectivity index (χ2v) is 5.28. The van der Waals surface area contributed by atoms with Gasteiger partial charge in [-0.15, -0.1) is 0 Å². The lowest BCUT2D eigenvalue weighted by Gasteiger charge is -2.17. The summed E-state index contributed by atoms with van der Waals surface area (Å²) in [5.74, 6) is 1.94. The fourth-order valence-corrected chi connectivity index (χ4v) is 2.90. The second-order valence-electron chi connectivity index (χ2n) is 5.28. The Bertz CT molecular complexity index is 787. The van der Waals surface area contributed by atoms with Gasteiger partial charge in [-0.25, -0.2) is 4.98 Å². The Balaban J connectivity index is 1.79. The highest BCUT2D eigenvalue weighted by atomic mass is 16.5. The van der Waals surface area contributed by atoms with E-state index < -0.39 is 0 Å². The molecule has 0 fully saturated rings. The summed E-state index contributed by atoms with van der Waals surface area (Å²) >= 11 is 0. The van der Waals surface area contributed by atoms with Crippen LogP contribution in [0, 0.1) is 0 Å². The van der Waals surface area contributed by atoms with E-state index in [1.807, 2.05) is 12.1 Å². The molecule has 0 N–H and O–H groups in total. The van der Waals surface area contributed by atoms with Gasteiger partial charge in [-0.05, 0) is 36.2 Å². The average Bonchev–Trinajstić information content (AvgIpc) is 2.99. The average molecular weight is 276 g/mol. The molecule has 2 heterocycles. The lowest BCUT2D eigenvalue weighted by atomic mass is 10.0. The molecule has 3 aromatic rings. The van der Waals surface area contributed by atoms with Gasteiger partial charge in [0.2, 0.25) is 0 Å². The minimum atomic E-state index is 0.869. The van der Waals surface area contributed by atoms with Crippen molar-refractivity contribution in [3.8, 4) is 28.4 Å². The fourth-order valence-electron chi connectivity index (χ4n) is 2.90. The number of nitrogens with zero attached hydrogens (tertiary/aromatic N) is 2. The molecule has 21 heavy (non-hydrogen) atoms. The Morgan fingerprint density at radius 2 is 1.86 bits per heavy atom. The molecule has 0 radical (unpaired) electrons. The van der Waals surface area contributed by atoms with Crippen molar-refractivity contribution in [3.63, 3.8) is 0 Å². The SMILES string of the molecule is COc1ccc(-c2cn3c(n2)-c2ccccc2CC3)cc1. The number of hydrogen-bond acceptors (Lipinski definition) is 2. The molecule has 0 unspecified atom stereocenters. The molecular formula is C18H16N2O. The number of benzene rings is 2. The van der Waals surface area contributed by atoms with Crippen LogP contribution in [0.3, 0.4) is 0 Å². The van der Waals surface area contributed by atoms with E-state index in [1.54, 1.807) is 7.11 Å². The summed E-state index contributed by atoms with van der Waals surface area (Å²) < 4.78 is 7.46. The Labute approximate surface area is 123 Å². The van der Waals surface area contributed by atoms with Crippen LogP contribution in [0.2, 0.25) is 0 Å². The molecule has 4 rings (SSSR count). The third-order valence-corrected chi connectivity index (χ3v) is 4.04. The Morgan fingerprint density at radius 3 is 2.67 bits per heavy atom. The molecule has 3 nitrogen and oxygen atoms in total. The zero-order chi connectivity index (χ0) is 14.2. The number of ether oxygens (including phenoxy) is 1. The van der Waals surface area contributed by atoms with Crippen LogP contribution < -0.4 is 4.74 Å². The largest absolute Gasteiger partial charge is 0.497 e. The standard InChI is InChI=1S/C18H16N2O/c1-21-15-8-6-14(7-9-15)17-12-20-11-10-13-4-2-3-5-16(13)18(20)19-17/h2-9,12H,10-11H2,1H3. The highest BCUT2D eigenvalue weighted by Gasteiger charge is 2.18. The lowest BCUT2D eigenvalue weighted by molar-refractivity contribution is 0.415. The van der Waals surface area contributed by atoms with Crippen molar-refractivity contribution in [3.05, 3.63) is 60.3 Å². The van der Waals surface area contributed by atoms with Crippen LogP contribution in [0.4, 0.5) is 0 Å². The monoisotopic (exact) mass is 276 g/mol. The minimum Gasteiger partial charge on any atom is -0.497 e. The van der Waals surface area contributed by atoms with Crippen LogP contribution in [0.1, 0.15) is 5.56 Å². The van der Waals surface area contributed by atoms with E-state index >= 15 is 0 Å². The zero-order valence-corrected chi connectivity index (χ0v) is 11.9. The summed E-state index contributed by atoms with van der Waals surface area (Å²) in [4.78, 5) is 4.84. The summed E-state index contributed by atoms with van der Waals surface area (Å²) in [6.45, 7) is 0.996. The molecule has 1 aromatic heterocycles. The van der Waals surface area contributed by atoms with Crippen molar-refractivity contribution in [1.82, 2.24) is 9.55 Å². The predicted molar refractivity (Wildman–Crippen MR) is 83.4 cm³/mol. The van der Waals surface area contributed by atoms with Gasteiger partial charge in [-0.3, -0.25) is 0 Å². The van der Waals surface area contributed by atoms with Crippen molar-refractivity contribution in [1.29, 1.82) is 0 Å². The molecule has 1 aliphatic heterocycles. The van der Waals surface area contributed by atoms with Crippen molar-refractivity contribution >= 4 is 0 Å². The molecule has 0 bridgehead atoms. The third kappa shape index (κ3) is 2.02. The first-order valence-electron chi connectivity index (χ1n) is 7.15. The van der Waals surface area contributed by atoms with Gasteiger partial charge in [0.1, 0.15) is 11.6 Å². The molecule has 1 aliphatic rings. The Kier molecular flexibility index (Phi) is 2.78. The topological polar surface area (TPSA) is 27.1 Å².